The fourth-order valence-corrected chi connectivity index (χ4v) is 0.814. The van der Waals surface area contributed by atoms with Crippen LogP contribution in [0.2, 0.25) is 0 Å². The predicted octanol–water partition coefficient (Wildman–Crippen LogP) is 1.60. The number of carbonyl (C=O) groups excluding carboxylic acids is 1. The second-order valence-corrected chi connectivity index (χ2v) is 2.35. The lowest BCUT2D eigenvalue weighted by atomic mass is 10.3. The first kappa shape index (κ1) is 7.79. The van der Waals surface area contributed by atoms with E-state index in [4.69, 9.17) is 0 Å². The van der Waals surface area contributed by atoms with Crippen molar-refractivity contribution < 1.29 is 4.79 Å². The first-order chi connectivity index (χ1) is 5.33. The van der Waals surface area contributed by atoms with Crippen molar-refractivity contribution in [3.05, 3.63) is 30.3 Å². The highest BCUT2D eigenvalue weighted by molar-refractivity contribution is 5.64. The molecule has 1 N–H and O–H groups in total. The molecule has 0 saturated heterocycles. The Morgan fingerprint density at radius 2 is 2.00 bits per heavy atom. The Kier molecular flexibility index (Phi) is 2.66. The summed E-state index contributed by atoms with van der Waals surface area (Å²) in [6, 6.07) is 9.35. The highest BCUT2D eigenvalue weighted by atomic mass is 16.1. The number of para-hydroxylation sites is 1. The van der Waals surface area contributed by atoms with Gasteiger partial charge >= 0.3 is 0 Å². The molecule has 1 unspecified atom stereocenters. The van der Waals surface area contributed by atoms with Crippen LogP contribution in [0.4, 0.5) is 5.69 Å². The van der Waals surface area contributed by atoms with Crippen LogP contribution in [-0.4, -0.2) is 12.3 Å². The van der Waals surface area contributed by atoms with E-state index in [9.17, 15) is 4.79 Å². The summed E-state index contributed by atoms with van der Waals surface area (Å²) < 4.78 is 0. The van der Waals surface area contributed by atoms with Crippen LogP contribution < -0.4 is 5.32 Å². The molecular weight excluding hydrogens is 138 g/mol. The summed E-state index contributed by atoms with van der Waals surface area (Å²) in [7, 11) is 0. The van der Waals surface area contributed by atoms with Crippen LogP contribution >= 0.6 is 0 Å². The molecule has 1 aromatic rings. The van der Waals surface area contributed by atoms with E-state index in [0.29, 0.717) is 0 Å². The van der Waals surface area contributed by atoms with Gasteiger partial charge in [0.05, 0.1) is 6.04 Å². The largest absolute Gasteiger partial charge is 0.375 e. The number of benzene rings is 1. The van der Waals surface area contributed by atoms with E-state index in [1.54, 1.807) is 6.92 Å². The van der Waals surface area contributed by atoms with Crippen molar-refractivity contribution in [3.63, 3.8) is 0 Å². The van der Waals surface area contributed by atoms with Gasteiger partial charge in [0.2, 0.25) is 6.29 Å². The van der Waals surface area contributed by atoms with Gasteiger partial charge in [-0.2, -0.15) is 0 Å². The van der Waals surface area contributed by atoms with Crippen molar-refractivity contribution >= 4 is 12.0 Å². The molecule has 0 bridgehead atoms. The molecule has 0 fully saturated rings. The van der Waals surface area contributed by atoms with Crippen LogP contribution in [0, 0.1) is 0 Å². The van der Waals surface area contributed by atoms with Crippen molar-refractivity contribution in [3.8, 4) is 0 Å². The van der Waals surface area contributed by atoms with Crippen LogP contribution in [0.25, 0.3) is 0 Å². The van der Waals surface area contributed by atoms with Crippen molar-refractivity contribution in [1.29, 1.82) is 0 Å². The maximum absolute atomic E-state index is 10.1. The number of hydrogen-bond acceptors (Lipinski definition) is 2. The molecular formula is C9H10NO. The fraction of sp³-hybridized carbons (Fsp3) is 0.222. The van der Waals surface area contributed by atoms with Crippen molar-refractivity contribution in [1.82, 2.24) is 0 Å². The van der Waals surface area contributed by atoms with Gasteiger partial charge in [0.25, 0.3) is 0 Å². The van der Waals surface area contributed by atoms with Gasteiger partial charge in [-0.3, -0.25) is 4.79 Å². The van der Waals surface area contributed by atoms with Gasteiger partial charge in [-0.1, -0.05) is 18.2 Å². The Bertz CT molecular complexity index is 220. The number of anilines is 1. The van der Waals surface area contributed by atoms with Gasteiger partial charge in [0.15, 0.2) is 0 Å². The van der Waals surface area contributed by atoms with E-state index in [1.165, 1.54) is 0 Å². The zero-order chi connectivity index (χ0) is 8.10. The minimum atomic E-state index is -0.239. The molecule has 0 aromatic heterocycles. The van der Waals surface area contributed by atoms with E-state index < -0.39 is 0 Å². The molecule has 0 aliphatic rings. The van der Waals surface area contributed by atoms with Crippen LogP contribution in [0.1, 0.15) is 6.92 Å². The SMILES string of the molecule is CC([C]=O)Nc1ccccc1. The van der Waals surface area contributed by atoms with E-state index in [-0.39, 0.29) is 6.04 Å². The van der Waals surface area contributed by atoms with E-state index in [2.05, 4.69) is 5.32 Å². The van der Waals surface area contributed by atoms with Gasteiger partial charge in [0, 0.05) is 5.69 Å². The minimum Gasteiger partial charge on any atom is -0.375 e. The van der Waals surface area contributed by atoms with E-state index >= 15 is 0 Å². The molecule has 1 atom stereocenters. The molecule has 1 radical (unpaired) electrons. The fourth-order valence-electron chi connectivity index (χ4n) is 0.814. The van der Waals surface area contributed by atoms with Gasteiger partial charge in [-0.05, 0) is 19.1 Å². The summed E-state index contributed by atoms with van der Waals surface area (Å²) in [5.74, 6) is 0. The summed E-state index contributed by atoms with van der Waals surface area (Å²) in [4.78, 5) is 10.1. The van der Waals surface area contributed by atoms with Crippen LogP contribution in [0.15, 0.2) is 30.3 Å². The Labute approximate surface area is 66.2 Å². The molecule has 1 aromatic carbocycles. The molecule has 2 nitrogen and oxygen atoms in total. The molecule has 2 heteroatoms. The van der Waals surface area contributed by atoms with Gasteiger partial charge in [0.1, 0.15) is 0 Å². The Morgan fingerprint density at radius 1 is 1.36 bits per heavy atom. The summed E-state index contributed by atoms with van der Waals surface area (Å²) in [5, 5.41) is 2.97. The van der Waals surface area contributed by atoms with Gasteiger partial charge in [-0.15, -0.1) is 0 Å². The first-order valence-corrected chi connectivity index (χ1v) is 3.52. The average molecular weight is 148 g/mol. The van der Waals surface area contributed by atoms with Crippen molar-refractivity contribution in [2.75, 3.05) is 5.32 Å². The molecule has 0 saturated carbocycles. The highest BCUT2D eigenvalue weighted by Gasteiger charge is 1.97. The molecule has 0 heterocycles. The third kappa shape index (κ3) is 2.42. The second kappa shape index (κ2) is 3.76. The Hall–Kier alpha value is -1.31. The van der Waals surface area contributed by atoms with Gasteiger partial charge in [-0.25, -0.2) is 0 Å². The van der Waals surface area contributed by atoms with E-state index in [0.717, 1.165) is 5.69 Å². The second-order valence-electron chi connectivity index (χ2n) is 2.35. The molecule has 0 amide bonds. The molecule has 1 rings (SSSR count). The average Bonchev–Trinajstić information content (AvgIpc) is 2.06. The topological polar surface area (TPSA) is 29.1 Å². The quantitative estimate of drug-likeness (QED) is 0.705. The minimum absolute atomic E-state index is 0.239. The first-order valence-electron chi connectivity index (χ1n) is 3.52. The smallest absolute Gasteiger partial charge is 0.222 e. The standard InChI is InChI=1S/C9H10NO/c1-8(7-11)10-9-5-3-2-4-6-9/h2-6,8,10H,1H3. The molecule has 57 valence electrons. The van der Waals surface area contributed by atoms with Crippen LogP contribution in [-0.2, 0) is 4.79 Å². The predicted molar refractivity (Wildman–Crippen MR) is 45.2 cm³/mol. The lowest BCUT2D eigenvalue weighted by molar-refractivity contribution is 0.549. The van der Waals surface area contributed by atoms with E-state index in [1.807, 2.05) is 36.6 Å². The number of rotatable bonds is 3. The third-order valence-electron chi connectivity index (χ3n) is 1.33. The lowest BCUT2D eigenvalue weighted by Gasteiger charge is -2.06. The number of nitrogens with one attached hydrogen (secondary N) is 1. The lowest BCUT2D eigenvalue weighted by Crippen LogP contribution is -2.15. The van der Waals surface area contributed by atoms with Crippen LogP contribution in [0.3, 0.4) is 0 Å². The molecule has 11 heavy (non-hydrogen) atoms. The summed E-state index contributed by atoms with van der Waals surface area (Å²) >= 11 is 0. The zero-order valence-corrected chi connectivity index (χ0v) is 6.37. The van der Waals surface area contributed by atoms with Crippen LogP contribution in [0.5, 0.6) is 0 Å². The number of hydrogen-bond donors (Lipinski definition) is 1. The summed E-state index contributed by atoms with van der Waals surface area (Å²) in [5.41, 5.74) is 0.948. The van der Waals surface area contributed by atoms with Crippen molar-refractivity contribution in [2.24, 2.45) is 0 Å². The van der Waals surface area contributed by atoms with Gasteiger partial charge < -0.3 is 5.32 Å². The Morgan fingerprint density at radius 3 is 2.55 bits per heavy atom. The third-order valence-corrected chi connectivity index (χ3v) is 1.33. The highest BCUT2D eigenvalue weighted by Crippen LogP contribution is 2.05. The Balaban J connectivity index is 2.57. The van der Waals surface area contributed by atoms with Crippen molar-refractivity contribution in [2.45, 2.75) is 13.0 Å². The maximum atomic E-state index is 10.1. The molecule has 0 aliphatic heterocycles. The zero-order valence-electron chi connectivity index (χ0n) is 6.37. The normalized spacial score (nSPS) is 12.1. The maximum Gasteiger partial charge on any atom is 0.222 e. The summed E-state index contributed by atoms with van der Waals surface area (Å²) in [6.07, 6.45) is 1.85. The molecule has 0 aliphatic carbocycles. The summed E-state index contributed by atoms with van der Waals surface area (Å²) in [6.45, 7) is 1.76. The molecule has 0 spiro atoms. The monoisotopic (exact) mass is 148 g/mol.